The second-order valence-electron chi connectivity index (χ2n) is 3.14. The number of ether oxygens (including phenoxy) is 1. The fourth-order valence-corrected chi connectivity index (χ4v) is 1.35. The van der Waals surface area contributed by atoms with Crippen LogP contribution in [-0.4, -0.2) is 21.6 Å². The molecule has 16 heavy (non-hydrogen) atoms. The molecule has 2 aromatic heterocycles. The molecule has 0 atom stereocenters. The van der Waals surface area contributed by atoms with E-state index >= 15 is 0 Å². The number of nitrogens with zero attached hydrogens (tertiary/aromatic N) is 3. The van der Waals surface area contributed by atoms with E-state index in [1.165, 1.54) is 12.4 Å². The predicted molar refractivity (Wildman–Crippen MR) is 60.5 cm³/mol. The van der Waals surface area contributed by atoms with Crippen LogP contribution < -0.4 is 4.74 Å². The molecular weight excluding hydrogens is 226 g/mol. The molecule has 0 spiro atoms. The van der Waals surface area contributed by atoms with Crippen molar-refractivity contribution < 1.29 is 4.74 Å². The second kappa shape index (κ2) is 5.42. The molecule has 0 N–H and O–H groups in total. The van der Waals surface area contributed by atoms with Gasteiger partial charge in [0.15, 0.2) is 5.15 Å². The summed E-state index contributed by atoms with van der Waals surface area (Å²) in [7, 11) is 0. The number of hydrogen-bond acceptors (Lipinski definition) is 4. The lowest BCUT2D eigenvalue weighted by Crippen LogP contribution is -2.03. The molecule has 4 nitrogen and oxygen atoms in total. The van der Waals surface area contributed by atoms with E-state index in [2.05, 4.69) is 15.0 Å². The number of aromatic nitrogens is 3. The first kappa shape index (κ1) is 10.8. The van der Waals surface area contributed by atoms with Crippen molar-refractivity contribution in [1.29, 1.82) is 0 Å². The third-order valence-corrected chi connectivity index (χ3v) is 2.13. The van der Waals surface area contributed by atoms with Gasteiger partial charge in [0.1, 0.15) is 0 Å². The quantitative estimate of drug-likeness (QED) is 0.815. The van der Waals surface area contributed by atoms with Gasteiger partial charge in [-0.1, -0.05) is 17.7 Å². The Labute approximate surface area is 98.3 Å². The molecule has 0 aliphatic rings. The zero-order chi connectivity index (χ0) is 11.2. The third-order valence-electron chi connectivity index (χ3n) is 1.95. The molecule has 0 aliphatic heterocycles. The van der Waals surface area contributed by atoms with Crippen molar-refractivity contribution in [2.75, 3.05) is 6.61 Å². The first-order valence-electron chi connectivity index (χ1n) is 4.84. The third kappa shape index (κ3) is 3.17. The lowest BCUT2D eigenvalue weighted by Gasteiger charge is -2.04. The van der Waals surface area contributed by atoms with Gasteiger partial charge in [-0.25, -0.2) is 0 Å². The van der Waals surface area contributed by atoms with Crippen molar-refractivity contribution in [1.82, 2.24) is 15.0 Å². The molecule has 0 unspecified atom stereocenters. The summed E-state index contributed by atoms with van der Waals surface area (Å²) in [6, 6.07) is 3.90. The zero-order valence-electron chi connectivity index (χ0n) is 8.51. The SMILES string of the molecule is Clc1cncc(OCCc2cccnc2)n1. The number of rotatable bonds is 4. The van der Waals surface area contributed by atoms with Crippen LogP contribution in [0.5, 0.6) is 5.88 Å². The predicted octanol–water partition coefficient (Wildman–Crippen LogP) is 2.15. The molecule has 0 fully saturated rings. The highest BCUT2D eigenvalue weighted by Gasteiger charge is 1.98. The molecular formula is C11H10ClN3O. The summed E-state index contributed by atoms with van der Waals surface area (Å²) in [4.78, 5) is 11.9. The maximum atomic E-state index is 5.68. The maximum absolute atomic E-state index is 5.68. The van der Waals surface area contributed by atoms with E-state index in [4.69, 9.17) is 16.3 Å². The Hall–Kier alpha value is -1.68. The normalized spacial score (nSPS) is 10.1. The molecule has 0 bridgehead atoms. The Morgan fingerprint density at radius 3 is 2.88 bits per heavy atom. The summed E-state index contributed by atoms with van der Waals surface area (Å²) in [5.74, 6) is 0.441. The lowest BCUT2D eigenvalue weighted by atomic mass is 10.2. The topological polar surface area (TPSA) is 47.9 Å². The van der Waals surface area contributed by atoms with Crippen molar-refractivity contribution in [2.45, 2.75) is 6.42 Å². The fourth-order valence-electron chi connectivity index (χ4n) is 1.21. The highest BCUT2D eigenvalue weighted by Crippen LogP contribution is 2.09. The molecule has 5 heteroatoms. The van der Waals surface area contributed by atoms with Crippen LogP contribution in [0.3, 0.4) is 0 Å². The number of hydrogen-bond donors (Lipinski definition) is 0. The Morgan fingerprint density at radius 1 is 1.19 bits per heavy atom. The van der Waals surface area contributed by atoms with Crippen molar-refractivity contribution >= 4 is 11.6 Å². The summed E-state index contributed by atoms with van der Waals surface area (Å²) in [6.45, 7) is 0.528. The van der Waals surface area contributed by atoms with Gasteiger partial charge in [-0.15, -0.1) is 0 Å². The lowest BCUT2D eigenvalue weighted by molar-refractivity contribution is 0.308. The van der Waals surface area contributed by atoms with Crippen LogP contribution in [0.25, 0.3) is 0 Å². The van der Waals surface area contributed by atoms with E-state index < -0.39 is 0 Å². The molecule has 2 rings (SSSR count). The van der Waals surface area contributed by atoms with Gasteiger partial charge in [0.25, 0.3) is 0 Å². The van der Waals surface area contributed by atoms with Gasteiger partial charge >= 0.3 is 0 Å². The van der Waals surface area contributed by atoms with Gasteiger partial charge in [0, 0.05) is 18.8 Å². The molecule has 0 saturated carbocycles. The van der Waals surface area contributed by atoms with E-state index in [1.54, 1.807) is 6.20 Å². The Balaban J connectivity index is 1.85. The first-order valence-corrected chi connectivity index (χ1v) is 5.21. The van der Waals surface area contributed by atoms with Crippen LogP contribution in [0.15, 0.2) is 36.9 Å². The minimum atomic E-state index is 0.332. The van der Waals surface area contributed by atoms with Gasteiger partial charge < -0.3 is 4.74 Å². The van der Waals surface area contributed by atoms with Crippen LogP contribution in [0.1, 0.15) is 5.56 Å². The minimum Gasteiger partial charge on any atom is -0.476 e. The van der Waals surface area contributed by atoms with Gasteiger partial charge in [-0.2, -0.15) is 4.98 Å². The van der Waals surface area contributed by atoms with E-state index in [0.717, 1.165) is 12.0 Å². The summed E-state index contributed by atoms with van der Waals surface area (Å²) < 4.78 is 5.40. The molecule has 0 amide bonds. The largest absolute Gasteiger partial charge is 0.476 e. The average molecular weight is 236 g/mol. The van der Waals surface area contributed by atoms with Crippen molar-refractivity contribution in [3.63, 3.8) is 0 Å². The summed E-state index contributed by atoms with van der Waals surface area (Å²) in [5, 5.41) is 0.332. The van der Waals surface area contributed by atoms with Gasteiger partial charge in [-0.05, 0) is 11.6 Å². The van der Waals surface area contributed by atoms with Gasteiger partial charge in [-0.3, -0.25) is 9.97 Å². The molecule has 2 heterocycles. The number of halogens is 1. The minimum absolute atomic E-state index is 0.332. The van der Waals surface area contributed by atoms with E-state index in [9.17, 15) is 0 Å². The Morgan fingerprint density at radius 2 is 2.12 bits per heavy atom. The van der Waals surface area contributed by atoms with E-state index in [-0.39, 0.29) is 0 Å². The molecule has 82 valence electrons. The van der Waals surface area contributed by atoms with E-state index in [1.807, 2.05) is 18.3 Å². The summed E-state index contributed by atoms with van der Waals surface area (Å²) in [5.41, 5.74) is 1.12. The molecule has 0 aromatic carbocycles. The van der Waals surface area contributed by atoms with Crippen LogP contribution in [0.4, 0.5) is 0 Å². The molecule has 0 saturated heterocycles. The monoisotopic (exact) mass is 235 g/mol. The van der Waals surface area contributed by atoms with Crippen LogP contribution >= 0.6 is 11.6 Å². The fraction of sp³-hybridized carbons (Fsp3) is 0.182. The van der Waals surface area contributed by atoms with Gasteiger partial charge in [0.2, 0.25) is 5.88 Å². The van der Waals surface area contributed by atoms with Crippen molar-refractivity contribution in [3.05, 3.63) is 47.6 Å². The maximum Gasteiger partial charge on any atom is 0.233 e. The van der Waals surface area contributed by atoms with E-state index in [0.29, 0.717) is 17.6 Å². The van der Waals surface area contributed by atoms with Crippen molar-refractivity contribution in [3.8, 4) is 5.88 Å². The molecule has 0 radical (unpaired) electrons. The highest BCUT2D eigenvalue weighted by molar-refractivity contribution is 6.29. The van der Waals surface area contributed by atoms with Crippen LogP contribution in [0.2, 0.25) is 5.15 Å². The van der Waals surface area contributed by atoms with Crippen LogP contribution in [0, 0.1) is 0 Å². The standard InChI is InChI=1S/C11H10ClN3O/c12-10-7-14-8-11(15-10)16-5-3-9-2-1-4-13-6-9/h1-2,4,6-8H,3,5H2. The molecule has 0 aliphatic carbocycles. The second-order valence-corrected chi connectivity index (χ2v) is 3.53. The summed E-state index contributed by atoms with van der Waals surface area (Å²) in [6.07, 6.45) is 7.34. The average Bonchev–Trinajstić information content (AvgIpc) is 2.30. The zero-order valence-corrected chi connectivity index (χ0v) is 9.26. The van der Waals surface area contributed by atoms with Crippen LogP contribution in [-0.2, 0) is 6.42 Å². The number of pyridine rings is 1. The molecule has 2 aromatic rings. The van der Waals surface area contributed by atoms with Crippen molar-refractivity contribution in [2.24, 2.45) is 0 Å². The first-order chi connectivity index (χ1) is 7.84. The Kier molecular flexibility index (Phi) is 3.66. The van der Waals surface area contributed by atoms with Gasteiger partial charge in [0.05, 0.1) is 19.0 Å². The summed E-state index contributed by atoms with van der Waals surface area (Å²) >= 11 is 5.68. The highest BCUT2D eigenvalue weighted by atomic mass is 35.5. The Bertz CT molecular complexity index is 450. The smallest absolute Gasteiger partial charge is 0.233 e.